The van der Waals surface area contributed by atoms with Crippen molar-refractivity contribution in [3.8, 4) is 11.3 Å². The number of hydrogen-bond acceptors (Lipinski definition) is 7. The number of nitrogens with one attached hydrogen (secondary N) is 3. The van der Waals surface area contributed by atoms with Gasteiger partial charge in [-0.15, -0.1) is 0 Å². The summed E-state index contributed by atoms with van der Waals surface area (Å²) in [5.74, 6) is -3.27. The first-order valence-corrected chi connectivity index (χ1v) is 11.7. The standard InChI is InChI=1S/C24H19ClF2N8O3/c25-14-2-4-16(34(10-28)33-29)19(21(14)27)11-7-12-1-3-17(35(12)18(36)8-11)23-31-9-15(32-23)13-5-6-30-22(20(13)26)24(37)38/h2,4-6,8-10,12,17,28-29H,1,3,7H2,(H,31,32)(H,37,38)/t12-,17+/m1/s1. The Kier molecular flexibility index (Phi) is 6.45. The molecule has 5 rings (SSSR count). The Balaban J connectivity index is 1.47. The number of carbonyl (C=O) groups excluding carboxylic acids is 1. The second-order valence-corrected chi connectivity index (χ2v) is 9.11. The van der Waals surface area contributed by atoms with Crippen molar-refractivity contribution in [2.45, 2.75) is 31.3 Å². The van der Waals surface area contributed by atoms with Gasteiger partial charge in [0.15, 0.2) is 17.3 Å². The van der Waals surface area contributed by atoms with E-state index in [-0.39, 0.29) is 40.0 Å². The van der Waals surface area contributed by atoms with Crippen LogP contribution in [0.25, 0.3) is 16.8 Å². The Morgan fingerprint density at radius 3 is 2.76 bits per heavy atom. The maximum Gasteiger partial charge on any atom is 0.357 e. The van der Waals surface area contributed by atoms with Crippen molar-refractivity contribution in [3.05, 3.63) is 70.4 Å². The molecule has 11 nitrogen and oxygen atoms in total. The summed E-state index contributed by atoms with van der Waals surface area (Å²) in [7, 11) is 0. The number of hydrogen-bond donors (Lipinski definition) is 4. The van der Waals surface area contributed by atoms with Crippen LogP contribution in [-0.2, 0) is 4.79 Å². The Morgan fingerprint density at radius 2 is 2.05 bits per heavy atom. The van der Waals surface area contributed by atoms with Crippen molar-refractivity contribution in [2.75, 3.05) is 5.01 Å². The fraction of sp³-hybridized carbons (Fsp3) is 0.208. The maximum atomic E-state index is 15.2. The van der Waals surface area contributed by atoms with Gasteiger partial charge in [-0.05, 0) is 43.0 Å². The predicted molar refractivity (Wildman–Crippen MR) is 132 cm³/mol. The fourth-order valence-electron chi connectivity index (χ4n) is 5.03. The minimum Gasteiger partial charge on any atom is -0.476 e. The zero-order valence-corrected chi connectivity index (χ0v) is 20.2. The molecule has 0 spiro atoms. The number of anilines is 1. The molecule has 3 aromatic rings. The molecule has 2 atom stereocenters. The van der Waals surface area contributed by atoms with Crippen LogP contribution < -0.4 is 5.01 Å². The van der Waals surface area contributed by atoms with E-state index in [0.29, 0.717) is 24.2 Å². The SMILES string of the molecule is N=CN(N=N)c1ccc(Cl)c(F)c1C1=CC(=O)N2[C@H](CC[C@H]2c2ncc(-c3ccnc(C(=O)O)c3F)[nH]2)C1. The molecule has 14 heteroatoms. The van der Waals surface area contributed by atoms with Crippen LogP contribution in [0.4, 0.5) is 14.5 Å². The van der Waals surface area contributed by atoms with E-state index in [0.717, 1.165) is 11.3 Å². The van der Waals surface area contributed by atoms with Crippen molar-refractivity contribution >= 4 is 41.1 Å². The van der Waals surface area contributed by atoms with Crippen LogP contribution in [0.1, 0.15) is 47.2 Å². The molecular weight excluding hydrogens is 522 g/mol. The van der Waals surface area contributed by atoms with E-state index < -0.39 is 35.2 Å². The molecule has 0 unspecified atom stereocenters. The molecule has 2 aliphatic heterocycles. The van der Waals surface area contributed by atoms with Crippen LogP contribution in [0.2, 0.25) is 5.02 Å². The molecule has 2 aliphatic rings. The maximum absolute atomic E-state index is 15.2. The topological polar surface area (TPSA) is 162 Å². The number of carbonyl (C=O) groups is 2. The number of benzene rings is 1. The molecule has 4 N–H and O–H groups in total. The molecule has 0 bridgehead atoms. The van der Waals surface area contributed by atoms with E-state index in [9.17, 15) is 14.0 Å². The van der Waals surface area contributed by atoms with E-state index in [2.05, 4.69) is 20.2 Å². The minimum atomic E-state index is -1.50. The second kappa shape index (κ2) is 9.74. The molecule has 4 heterocycles. The van der Waals surface area contributed by atoms with Gasteiger partial charge in [0, 0.05) is 29.4 Å². The number of rotatable bonds is 7. The Hall–Kier alpha value is -4.52. The lowest BCUT2D eigenvalue weighted by atomic mass is 9.92. The van der Waals surface area contributed by atoms with E-state index >= 15 is 4.39 Å². The zero-order valence-electron chi connectivity index (χ0n) is 19.5. The monoisotopic (exact) mass is 540 g/mol. The molecule has 0 aliphatic carbocycles. The van der Waals surface area contributed by atoms with Crippen LogP contribution in [0.3, 0.4) is 0 Å². The summed E-state index contributed by atoms with van der Waals surface area (Å²) in [6, 6.07) is 3.28. The molecule has 194 valence electrons. The quantitative estimate of drug-likeness (QED) is 0.143. The van der Waals surface area contributed by atoms with Gasteiger partial charge in [-0.2, -0.15) is 5.53 Å². The van der Waals surface area contributed by atoms with Crippen molar-refractivity contribution in [1.82, 2.24) is 19.9 Å². The highest BCUT2D eigenvalue weighted by Crippen LogP contribution is 2.45. The minimum absolute atomic E-state index is 0.00358. The average molecular weight is 541 g/mol. The number of carboxylic acid groups (broad SMARTS) is 1. The molecule has 1 saturated heterocycles. The van der Waals surface area contributed by atoms with E-state index in [4.69, 9.17) is 27.6 Å². The largest absolute Gasteiger partial charge is 0.476 e. The number of halogens is 3. The Bertz CT molecular complexity index is 1520. The van der Waals surface area contributed by atoms with Crippen LogP contribution in [-0.4, -0.2) is 49.2 Å². The van der Waals surface area contributed by atoms with Crippen molar-refractivity contribution in [3.63, 3.8) is 0 Å². The number of nitrogens with zero attached hydrogens (tertiary/aromatic N) is 5. The number of pyridine rings is 1. The lowest BCUT2D eigenvalue weighted by Gasteiger charge is -2.33. The molecule has 1 amide bonds. The number of H-pyrrole nitrogens is 1. The van der Waals surface area contributed by atoms with Gasteiger partial charge in [-0.1, -0.05) is 16.8 Å². The molecule has 1 fully saturated rings. The normalized spacial score (nSPS) is 18.7. The van der Waals surface area contributed by atoms with Crippen LogP contribution >= 0.6 is 11.6 Å². The van der Waals surface area contributed by atoms with Gasteiger partial charge >= 0.3 is 5.97 Å². The summed E-state index contributed by atoms with van der Waals surface area (Å²) in [4.78, 5) is 37.1. The van der Waals surface area contributed by atoms with Gasteiger partial charge in [0.1, 0.15) is 12.2 Å². The Morgan fingerprint density at radius 1 is 1.26 bits per heavy atom. The van der Waals surface area contributed by atoms with Gasteiger partial charge in [-0.3, -0.25) is 10.2 Å². The third-order valence-electron chi connectivity index (χ3n) is 6.67. The lowest BCUT2D eigenvalue weighted by Crippen LogP contribution is -2.39. The van der Waals surface area contributed by atoms with Crippen LogP contribution in [0.5, 0.6) is 0 Å². The first-order chi connectivity index (χ1) is 18.2. The first-order valence-electron chi connectivity index (χ1n) is 11.4. The first kappa shape index (κ1) is 25.1. The van der Waals surface area contributed by atoms with E-state index in [1.165, 1.54) is 36.7 Å². The number of amides is 1. The summed E-state index contributed by atoms with van der Waals surface area (Å²) < 4.78 is 29.9. The van der Waals surface area contributed by atoms with Gasteiger partial charge in [-0.25, -0.2) is 28.6 Å². The molecule has 38 heavy (non-hydrogen) atoms. The third-order valence-corrected chi connectivity index (χ3v) is 6.97. The molecule has 2 aromatic heterocycles. The summed E-state index contributed by atoms with van der Waals surface area (Å²) >= 11 is 6.01. The number of carboxylic acids is 1. The van der Waals surface area contributed by atoms with Crippen LogP contribution in [0.15, 0.2) is 41.9 Å². The highest BCUT2D eigenvalue weighted by Gasteiger charge is 2.42. The number of aromatic nitrogens is 3. The Labute approximate surface area is 218 Å². The highest BCUT2D eigenvalue weighted by atomic mass is 35.5. The van der Waals surface area contributed by atoms with Gasteiger partial charge < -0.3 is 15.0 Å². The van der Waals surface area contributed by atoms with Gasteiger partial charge in [0.05, 0.1) is 28.6 Å². The van der Waals surface area contributed by atoms with Gasteiger partial charge in [0.25, 0.3) is 0 Å². The number of imidazole rings is 1. The zero-order chi connectivity index (χ0) is 27.1. The van der Waals surface area contributed by atoms with E-state index in [1.54, 1.807) is 4.90 Å². The summed E-state index contributed by atoms with van der Waals surface area (Å²) in [6.45, 7) is 0. The number of aromatic amines is 1. The summed E-state index contributed by atoms with van der Waals surface area (Å²) in [6.07, 6.45) is 5.99. The second-order valence-electron chi connectivity index (χ2n) is 8.70. The lowest BCUT2D eigenvalue weighted by molar-refractivity contribution is -0.129. The van der Waals surface area contributed by atoms with Crippen molar-refractivity contribution in [1.29, 1.82) is 10.9 Å². The summed E-state index contributed by atoms with van der Waals surface area (Å²) in [5.41, 5.74) is 7.28. The molecule has 1 aromatic carbocycles. The fourth-order valence-corrected chi connectivity index (χ4v) is 5.19. The highest BCUT2D eigenvalue weighted by molar-refractivity contribution is 6.31. The van der Waals surface area contributed by atoms with Crippen LogP contribution in [0, 0.1) is 22.6 Å². The number of aromatic carboxylic acids is 1. The van der Waals surface area contributed by atoms with E-state index in [1.807, 2.05) is 0 Å². The summed E-state index contributed by atoms with van der Waals surface area (Å²) in [5, 5.41) is 20.6. The predicted octanol–water partition coefficient (Wildman–Crippen LogP) is 4.98. The van der Waals surface area contributed by atoms with Crippen molar-refractivity contribution < 1.29 is 23.5 Å². The third kappa shape index (κ3) is 4.10. The average Bonchev–Trinajstić information content (AvgIpc) is 3.54. The molecular formula is C24H19ClF2N8O3. The smallest absolute Gasteiger partial charge is 0.357 e. The number of fused-ring (bicyclic) bond motifs is 1. The van der Waals surface area contributed by atoms with Gasteiger partial charge in [0.2, 0.25) is 5.91 Å². The molecule has 0 radical (unpaired) electrons. The molecule has 0 saturated carbocycles. The van der Waals surface area contributed by atoms with Crippen molar-refractivity contribution in [2.24, 2.45) is 5.22 Å².